The lowest BCUT2D eigenvalue weighted by atomic mass is 10.1. The molecule has 0 heterocycles. The van der Waals surface area contributed by atoms with Gasteiger partial charge in [0.2, 0.25) is 0 Å². The highest BCUT2D eigenvalue weighted by Crippen LogP contribution is 2.15. The van der Waals surface area contributed by atoms with Crippen LogP contribution in [0.15, 0.2) is 18.2 Å². The highest BCUT2D eigenvalue weighted by molar-refractivity contribution is 5.85. The van der Waals surface area contributed by atoms with Gasteiger partial charge in [-0.2, -0.15) is 0 Å². The van der Waals surface area contributed by atoms with E-state index in [9.17, 15) is 4.79 Å². The molecule has 3 nitrogen and oxygen atoms in total. The summed E-state index contributed by atoms with van der Waals surface area (Å²) in [5.41, 5.74) is 3.00. The maximum absolute atomic E-state index is 10.9. The summed E-state index contributed by atoms with van der Waals surface area (Å²) in [6, 6.07) is 5.81. The van der Waals surface area contributed by atoms with Crippen molar-refractivity contribution >= 4 is 11.8 Å². The van der Waals surface area contributed by atoms with Crippen molar-refractivity contribution in [1.29, 1.82) is 0 Å². The van der Waals surface area contributed by atoms with E-state index in [1.54, 1.807) is 0 Å². The highest BCUT2D eigenvalue weighted by Gasteiger charge is 2.02. The molecule has 0 aliphatic heterocycles. The summed E-state index contributed by atoms with van der Waals surface area (Å²) < 4.78 is 4.49. The number of methoxy groups -OCH3 is 1. The number of hydrogen-bond donors (Lipinski definition) is 1. The molecule has 0 unspecified atom stereocenters. The second-order valence-corrected chi connectivity index (χ2v) is 2.93. The van der Waals surface area contributed by atoms with Crippen molar-refractivity contribution in [3.8, 4) is 0 Å². The first-order valence-electron chi connectivity index (χ1n) is 4.05. The second-order valence-electron chi connectivity index (χ2n) is 2.93. The Labute approximate surface area is 77.7 Å². The molecule has 1 amide bonds. The van der Waals surface area contributed by atoms with E-state index in [0.29, 0.717) is 0 Å². The van der Waals surface area contributed by atoms with E-state index in [1.165, 1.54) is 12.7 Å². The Morgan fingerprint density at radius 2 is 2.08 bits per heavy atom. The number of rotatable bonds is 1. The van der Waals surface area contributed by atoms with Crippen LogP contribution in [-0.2, 0) is 4.74 Å². The first kappa shape index (κ1) is 9.58. The van der Waals surface area contributed by atoms with Gasteiger partial charge >= 0.3 is 6.09 Å². The standard InChI is InChI=1S/C10H13NO2/c1-7-4-5-9(8(2)6-7)11-10(12)13-3/h4-6H,1-3H3,(H,11,12). The van der Waals surface area contributed by atoms with Gasteiger partial charge in [0, 0.05) is 5.69 Å². The van der Waals surface area contributed by atoms with Crippen LogP contribution < -0.4 is 5.32 Å². The largest absolute Gasteiger partial charge is 0.453 e. The molecule has 0 spiro atoms. The van der Waals surface area contributed by atoms with Gasteiger partial charge in [-0.15, -0.1) is 0 Å². The lowest BCUT2D eigenvalue weighted by molar-refractivity contribution is 0.187. The number of benzene rings is 1. The smallest absolute Gasteiger partial charge is 0.411 e. The molecule has 0 aliphatic rings. The Bertz CT molecular complexity index is 321. The number of carbonyl (C=O) groups excluding carboxylic acids is 1. The molecule has 0 saturated carbocycles. The van der Waals surface area contributed by atoms with E-state index in [-0.39, 0.29) is 0 Å². The van der Waals surface area contributed by atoms with E-state index < -0.39 is 6.09 Å². The Kier molecular flexibility index (Phi) is 2.90. The van der Waals surface area contributed by atoms with E-state index in [0.717, 1.165) is 11.3 Å². The summed E-state index contributed by atoms with van der Waals surface area (Å²) in [7, 11) is 1.35. The zero-order valence-corrected chi connectivity index (χ0v) is 8.05. The van der Waals surface area contributed by atoms with E-state index in [4.69, 9.17) is 0 Å². The van der Waals surface area contributed by atoms with Crippen LogP contribution in [-0.4, -0.2) is 13.2 Å². The van der Waals surface area contributed by atoms with Crippen molar-refractivity contribution in [1.82, 2.24) is 0 Å². The zero-order chi connectivity index (χ0) is 9.84. The monoisotopic (exact) mass is 179 g/mol. The molecule has 3 heteroatoms. The lowest BCUT2D eigenvalue weighted by Gasteiger charge is -2.07. The molecule has 0 aromatic heterocycles. The van der Waals surface area contributed by atoms with Crippen molar-refractivity contribution in [3.05, 3.63) is 29.3 Å². The minimum atomic E-state index is -0.438. The van der Waals surface area contributed by atoms with Crippen LogP contribution in [0.4, 0.5) is 10.5 Å². The van der Waals surface area contributed by atoms with Gasteiger partial charge in [0.05, 0.1) is 7.11 Å². The third-order valence-corrected chi connectivity index (χ3v) is 1.80. The average Bonchev–Trinajstić information content (AvgIpc) is 2.09. The Morgan fingerprint density at radius 1 is 1.38 bits per heavy atom. The molecule has 0 bridgehead atoms. The minimum Gasteiger partial charge on any atom is -0.453 e. The molecule has 13 heavy (non-hydrogen) atoms. The normalized spacial score (nSPS) is 9.46. The molecule has 1 N–H and O–H groups in total. The average molecular weight is 179 g/mol. The quantitative estimate of drug-likeness (QED) is 0.719. The van der Waals surface area contributed by atoms with E-state index >= 15 is 0 Å². The summed E-state index contributed by atoms with van der Waals surface area (Å²) in [5.74, 6) is 0. The molecular formula is C10H13NO2. The second kappa shape index (κ2) is 3.94. The molecule has 0 fully saturated rings. The SMILES string of the molecule is COC(=O)Nc1ccc(C)cc1C. The zero-order valence-electron chi connectivity index (χ0n) is 8.05. The third kappa shape index (κ3) is 2.47. The number of carbonyl (C=O) groups is 1. The Hall–Kier alpha value is -1.51. The van der Waals surface area contributed by atoms with E-state index in [1.807, 2.05) is 32.0 Å². The van der Waals surface area contributed by atoms with Crippen molar-refractivity contribution in [3.63, 3.8) is 0 Å². The van der Waals surface area contributed by atoms with Crippen LogP contribution in [0.3, 0.4) is 0 Å². The van der Waals surface area contributed by atoms with Crippen LogP contribution in [0, 0.1) is 13.8 Å². The van der Waals surface area contributed by atoms with Crippen LogP contribution in [0.2, 0.25) is 0 Å². The molecule has 1 aromatic rings. The van der Waals surface area contributed by atoms with Gasteiger partial charge in [-0.1, -0.05) is 17.7 Å². The van der Waals surface area contributed by atoms with Crippen molar-refractivity contribution in [2.24, 2.45) is 0 Å². The van der Waals surface area contributed by atoms with Gasteiger partial charge in [0.15, 0.2) is 0 Å². The number of nitrogens with one attached hydrogen (secondary N) is 1. The number of aryl methyl sites for hydroxylation is 2. The maximum atomic E-state index is 10.9. The molecular weight excluding hydrogens is 166 g/mol. The van der Waals surface area contributed by atoms with Crippen LogP contribution >= 0.6 is 0 Å². The molecule has 70 valence electrons. The lowest BCUT2D eigenvalue weighted by Crippen LogP contribution is -2.11. The first-order valence-corrected chi connectivity index (χ1v) is 4.05. The van der Waals surface area contributed by atoms with Crippen molar-refractivity contribution < 1.29 is 9.53 Å². The van der Waals surface area contributed by atoms with Gasteiger partial charge in [-0.25, -0.2) is 4.79 Å². The minimum absolute atomic E-state index is 0.438. The number of anilines is 1. The fourth-order valence-electron chi connectivity index (χ4n) is 1.11. The van der Waals surface area contributed by atoms with Crippen LogP contribution in [0.5, 0.6) is 0 Å². The molecule has 0 atom stereocenters. The van der Waals surface area contributed by atoms with Crippen LogP contribution in [0.25, 0.3) is 0 Å². The fourth-order valence-corrected chi connectivity index (χ4v) is 1.11. The van der Waals surface area contributed by atoms with Gasteiger partial charge in [0.25, 0.3) is 0 Å². The fraction of sp³-hybridized carbons (Fsp3) is 0.300. The van der Waals surface area contributed by atoms with Crippen molar-refractivity contribution in [2.75, 3.05) is 12.4 Å². The van der Waals surface area contributed by atoms with E-state index in [2.05, 4.69) is 10.1 Å². The topological polar surface area (TPSA) is 38.3 Å². The summed E-state index contributed by atoms with van der Waals surface area (Å²) in [6.07, 6.45) is -0.438. The highest BCUT2D eigenvalue weighted by atomic mass is 16.5. The summed E-state index contributed by atoms with van der Waals surface area (Å²) in [4.78, 5) is 10.9. The Balaban J connectivity index is 2.83. The van der Waals surface area contributed by atoms with Gasteiger partial charge < -0.3 is 4.74 Å². The number of hydrogen-bond acceptors (Lipinski definition) is 2. The molecule has 0 aliphatic carbocycles. The maximum Gasteiger partial charge on any atom is 0.411 e. The van der Waals surface area contributed by atoms with Gasteiger partial charge in [-0.05, 0) is 25.5 Å². The Morgan fingerprint density at radius 3 is 2.62 bits per heavy atom. The van der Waals surface area contributed by atoms with Gasteiger partial charge in [0.1, 0.15) is 0 Å². The molecule has 0 saturated heterocycles. The number of amides is 1. The summed E-state index contributed by atoms with van der Waals surface area (Å²) >= 11 is 0. The molecule has 0 radical (unpaired) electrons. The van der Waals surface area contributed by atoms with Gasteiger partial charge in [-0.3, -0.25) is 5.32 Å². The first-order chi connectivity index (χ1) is 6.13. The molecule has 1 aromatic carbocycles. The van der Waals surface area contributed by atoms with Crippen molar-refractivity contribution in [2.45, 2.75) is 13.8 Å². The summed E-state index contributed by atoms with van der Waals surface area (Å²) in [5, 5.41) is 2.63. The van der Waals surface area contributed by atoms with Crippen LogP contribution in [0.1, 0.15) is 11.1 Å². The summed E-state index contributed by atoms with van der Waals surface area (Å²) in [6.45, 7) is 3.95. The number of ether oxygens (including phenoxy) is 1. The molecule has 1 rings (SSSR count). The third-order valence-electron chi connectivity index (χ3n) is 1.80. The predicted octanol–water partition coefficient (Wildman–Crippen LogP) is 2.48. The predicted molar refractivity (Wildman–Crippen MR) is 51.9 cm³/mol.